The Bertz CT molecular complexity index is 108. The van der Waals surface area contributed by atoms with Gasteiger partial charge in [-0.05, 0) is 42.4 Å². The molecule has 0 aromatic rings. The van der Waals surface area contributed by atoms with Crippen molar-refractivity contribution in [3.63, 3.8) is 0 Å². The largest absolute Gasteiger partial charge is 0.328 e. The van der Waals surface area contributed by atoms with Gasteiger partial charge in [-0.15, -0.1) is 0 Å². The van der Waals surface area contributed by atoms with E-state index >= 15 is 0 Å². The third kappa shape index (κ3) is 4.08. The van der Waals surface area contributed by atoms with Crippen molar-refractivity contribution >= 4 is 22.6 Å². The van der Waals surface area contributed by atoms with Crippen LogP contribution in [-0.4, -0.2) is 10.5 Å². The van der Waals surface area contributed by atoms with Crippen LogP contribution >= 0.6 is 22.6 Å². The van der Waals surface area contributed by atoms with Gasteiger partial charge in [-0.1, -0.05) is 35.4 Å². The van der Waals surface area contributed by atoms with Gasteiger partial charge in [0.2, 0.25) is 0 Å². The average Bonchev–Trinajstić information content (AvgIpc) is 2.09. The molecule has 0 saturated heterocycles. The fourth-order valence-corrected chi connectivity index (χ4v) is 2.54. The third-order valence-corrected chi connectivity index (χ3v) is 3.65. The highest BCUT2D eigenvalue weighted by Gasteiger charge is 2.17. The summed E-state index contributed by atoms with van der Waals surface area (Å²) in [4.78, 5) is 0. The summed E-state index contributed by atoms with van der Waals surface area (Å²) < 4.78 is 1.32. The number of nitrogens with two attached hydrogens (primary N) is 1. The fourth-order valence-electron chi connectivity index (χ4n) is 2.00. The fraction of sp³-hybridized carbons (Fsp3) is 1.00. The quantitative estimate of drug-likeness (QED) is 0.478. The average molecular weight is 281 g/mol. The normalized spacial score (nSPS) is 30.5. The van der Waals surface area contributed by atoms with Crippen LogP contribution in [0.25, 0.3) is 0 Å². The first kappa shape index (κ1) is 10.8. The maximum atomic E-state index is 5.85. The lowest BCUT2D eigenvalue weighted by molar-refractivity contribution is 0.305. The van der Waals surface area contributed by atoms with Crippen molar-refractivity contribution in [1.29, 1.82) is 0 Å². The smallest absolute Gasteiger partial charge is 0.00390 e. The molecule has 0 aromatic heterocycles. The maximum absolute atomic E-state index is 5.85. The minimum Gasteiger partial charge on any atom is -0.328 e. The van der Waals surface area contributed by atoms with Crippen LogP contribution < -0.4 is 5.73 Å². The zero-order chi connectivity index (χ0) is 8.81. The molecule has 1 nitrogen and oxygen atoms in total. The second-order valence-electron chi connectivity index (χ2n) is 3.97. The molecule has 0 heterocycles. The molecule has 1 rings (SSSR count). The van der Waals surface area contributed by atoms with E-state index in [1.54, 1.807) is 0 Å². The summed E-state index contributed by atoms with van der Waals surface area (Å²) in [6.45, 7) is 0. The van der Waals surface area contributed by atoms with Crippen LogP contribution in [0.1, 0.15) is 44.9 Å². The number of halogens is 1. The molecular formula is C10H20IN. The van der Waals surface area contributed by atoms with E-state index in [1.165, 1.54) is 49.4 Å². The van der Waals surface area contributed by atoms with E-state index < -0.39 is 0 Å². The minimum atomic E-state index is 0.519. The van der Waals surface area contributed by atoms with Crippen LogP contribution in [0.5, 0.6) is 0 Å². The summed E-state index contributed by atoms with van der Waals surface area (Å²) >= 11 is 2.46. The Morgan fingerprint density at radius 1 is 1.08 bits per heavy atom. The van der Waals surface area contributed by atoms with Crippen molar-refractivity contribution in [3.8, 4) is 0 Å². The molecule has 1 fully saturated rings. The third-order valence-electron chi connectivity index (χ3n) is 2.89. The Morgan fingerprint density at radius 2 is 1.75 bits per heavy atom. The molecule has 1 aliphatic carbocycles. The Hall–Kier alpha value is 0.690. The molecule has 0 radical (unpaired) electrons. The monoisotopic (exact) mass is 281 g/mol. The summed E-state index contributed by atoms with van der Waals surface area (Å²) in [6, 6.07) is 0.519. The highest BCUT2D eigenvalue weighted by atomic mass is 127. The van der Waals surface area contributed by atoms with Gasteiger partial charge in [-0.2, -0.15) is 0 Å². The van der Waals surface area contributed by atoms with Gasteiger partial charge in [-0.3, -0.25) is 0 Å². The second kappa shape index (κ2) is 6.19. The Labute approximate surface area is 89.6 Å². The van der Waals surface area contributed by atoms with Crippen molar-refractivity contribution in [2.24, 2.45) is 11.7 Å². The summed E-state index contributed by atoms with van der Waals surface area (Å²) in [5.41, 5.74) is 5.85. The molecule has 0 aliphatic heterocycles. The first-order valence-electron chi connectivity index (χ1n) is 5.14. The molecule has 0 amide bonds. The predicted octanol–water partition coefficient (Wildman–Crippen LogP) is 3.11. The van der Waals surface area contributed by atoms with Gasteiger partial charge >= 0.3 is 0 Å². The molecule has 0 bridgehead atoms. The number of hydrogen-bond donors (Lipinski definition) is 1. The van der Waals surface area contributed by atoms with Crippen LogP contribution in [0.15, 0.2) is 0 Å². The van der Waals surface area contributed by atoms with Crippen LogP contribution in [0, 0.1) is 5.92 Å². The molecule has 0 aromatic carbocycles. The zero-order valence-corrected chi connectivity index (χ0v) is 9.92. The lowest BCUT2D eigenvalue weighted by atomic mass is 9.83. The second-order valence-corrected chi connectivity index (χ2v) is 5.04. The summed E-state index contributed by atoms with van der Waals surface area (Å²) in [5, 5.41) is 0. The van der Waals surface area contributed by atoms with E-state index in [9.17, 15) is 0 Å². The van der Waals surface area contributed by atoms with E-state index in [0.29, 0.717) is 6.04 Å². The van der Waals surface area contributed by atoms with E-state index in [-0.39, 0.29) is 0 Å². The molecule has 0 spiro atoms. The topological polar surface area (TPSA) is 26.0 Å². The molecule has 2 N–H and O–H groups in total. The van der Waals surface area contributed by atoms with Gasteiger partial charge < -0.3 is 5.73 Å². The van der Waals surface area contributed by atoms with Crippen LogP contribution in [0.3, 0.4) is 0 Å². The number of rotatable bonds is 4. The molecular weight excluding hydrogens is 261 g/mol. The summed E-state index contributed by atoms with van der Waals surface area (Å²) in [5.74, 6) is 1.01. The predicted molar refractivity (Wildman–Crippen MR) is 62.7 cm³/mol. The van der Waals surface area contributed by atoms with Crippen molar-refractivity contribution in [2.45, 2.75) is 51.0 Å². The molecule has 0 unspecified atom stereocenters. The SMILES string of the molecule is NC1CCC(CCCCI)CC1. The number of unbranched alkanes of at least 4 members (excludes halogenated alkanes) is 1. The van der Waals surface area contributed by atoms with E-state index in [1.807, 2.05) is 0 Å². The van der Waals surface area contributed by atoms with E-state index in [0.717, 1.165) is 5.92 Å². The Kier molecular flexibility index (Phi) is 5.56. The molecule has 2 heteroatoms. The maximum Gasteiger partial charge on any atom is 0.00390 e. The first-order chi connectivity index (χ1) is 5.83. The van der Waals surface area contributed by atoms with Crippen molar-refractivity contribution in [1.82, 2.24) is 0 Å². The molecule has 1 saturated carbocycles. The highest BCUT2D eigenvalue weighted by Crippen LogP contribution is 2.27. The van der Waals surface area contributed by atoms with E-state index in [4.69, 9.17) is 5.73 Å². The molecule has 12 heavy (non-hydrogen) atoms. The minimum absolute atomic E-state index is 0.519. The van der Waals surface area contributed by atoms with E-state index in [2.05, 4.69) is 22.6 Å². The van der Waals surface area contributed by atoms with Gasteiger partial charge in [0.05, 0.1) is 0 Å². The standard InChI is InChI=1S/C10H20IN/c11-8-2-1-3-9-4-6-10(12)7-5-9/h9-10H,1-8,12H2. The Balaban J connectivity index is 2.01. The molecule has 72 valence electrons. The van der Waals surface area contributed by atoms with Crippen molar-refractivity contribution < 1.29 is 0 Å². The summed E-state index contributed by atoms with van der Waals surface area (Å²) in [7, 11) is 0. The van der Waals surface area contributed by atoms with Gasteiger partial charge in [0.15, 0.2) is 0 Å². The van der Waals surface area contributed by atoms with Crippen LogP contribution in [-0.2, 0) is 0 Å². The molecule has 1 aliphatic rings. The van der Waals surface area contributed by atoms with Crippen LogP contribution in [0.4, 0.5) is 0 Å². The van der Waals surface area contributed by atoms with Gasteiger partial charge in [0.1, 0.15) is 0 Å². The first-order valence-corrected chi connectivity index (χ1v) is 6.67. The van der Waals surface area contributed by atoms with Gasteiger partial charge in [-0.25, -0.2) is 0 Å². The van der Waals surface area contributed by atoms with Gasteiger partial charge in [0, 0.05) is 6.04 Å². The highest BCUT2D eigenvalue weighted by molar-refractivity contribution is 14.1. The van der Waals surface area contributed by atoms with Crippen molar-refractivity contribution in [2.75, 3.05) is 4.43 Å². The lowest BCUT2D eigenvalue weighted by Gasteiger charge is -2.25. The number of hydrogen-bond acceptors (Lipinski definition) is 1. The number of alkyl halides is 1. The Morgan fingerprint density at radius 3 is 2.33 bits per heavy atom. The lowest BCUT2D eigenvalue weighted by Crippen LogP contribution is -2.26. The van der Waals surface area contributed by atoms with Gasteiger partial charge in [0.25, 0.3) is 0 Å². The molecule has 0 atom stereocenters. The zero-order valence-electron chi connectivity index (χ0n) is 7.77. The van der Waals surface area contributed by atoms with Crippen LogP contribution in [0.2, 0.25) is 0 Å². The van der Waals surface area contributed by atoms with Crippen molar-refractivity contribution in [3.05, 3.63) is 0 Å². The summed E-state index contributed by atoms with van der Waals surface area (Å²) in [6.07, 6.45) is 9.62.